The third-order valence-corrected chi connectivity index (χ3v) is 32.1. The van der Waals surface area contributed by atoms with Crippen molar-refractivity contribution in [3.05, 3.63) is 313 Å². The van der Waals surface area contributed by atoms with E-state index in [2.05, 4.69) is 289 Å². The zero-order chi connectivity index (χ0) is 102. The molecule has 0 atom stereocenters. The molecule has 0 amide bonds. The minimum absolute atomic E-state index is 0.0550. The normalized spacial score (nSPS) is 15.6. The van der Waals surface area contributed by atoms with Crippen molar-refractivity contribution in [1.29, 1.82) is 0 Å². The third kappa shape index (κ3) is 34.2. The number of alkyl halides is 8. The van der Waals surface area contributed by atoms with Crippen LogP contribution in [-0.4, -0.2) is 199 Å². The van der Waals surface area contributed by atoms with Crippen molar-refractivity contribution in [3.8, 4) is 46.0 Å². The molecule has 12 aromatic carbocycles. The van der Waals surface area contributed by atoms with Crippen LogP contribution in [0.25, 0.3) is 0 Å². The Kier molecular flexibility index (Phi) is 40.6. The van der Waals surface area contributed by atoms with E-state index < -0.39 is 74.0 Å². The van der Waals surface area contributed by atoms with Gasteiger partial charge in [-0.3, -0.25) is 38.8 Å². The quantitative estimate of drug-likeness (QED) is 0.0305. The third-order valence-electron chi connectivity index (χ3n) is 22.9. The molecule has 0 aliphatic carbocycles. The number of morpholine rings is 2. The highest BCUT2D eigenvalue weighted by molar-refractivity contribution is 7.98. The summed E-state index contributed by atoms with van der Waals surface area (Å²) in [5, 5.41) is 0. The number of aryl methyl sites for hydroxylation is 4. The fraction of sp³-hybridized carbons (Fsp3) is 0.333. The largest absolute Gasteiger partial charge is 0.458 e. The van der Waals surface area contributed by atoms with Gasteiger partial charge in [-0.25, -0.2) is 35.1 Å². The number of para-hydroxylation sites is 8. The Labute approximate surface area is 850 Å². The molecule has 0 saturated carbocycles. The van der Waals surface area contributed by atoms with Gasteiger partial charge >= 0.3 is 23.9 Å². The Morgan fingerprint density at radius 2 is 0.403 bits per heavy atom. The summed E-state index contributed by atoms with van der Waals surface area (Å²) in [6, 6.07) is 102. The maximum absolute atomic E-state index is 12.4. The first-order valence-electron chi connectivity index (χ1n) is 48.1. The summed E-state index contributed by atoms with van der Waals surface area (Å²) in [4.78, 5) is 67.5. The monoisotopic (exact) mass is 2050 g/mol. The molecule has 12 aromatic rings. The number of benzene rings is 12. The zero-order valence-electron chi connectivity index (χ0n) is 82.3. The van der Waals surface area contributed by atoms with Crippen LogP contribution >= 0.6 is 0 Å². The minimum atomic E-state index is -2.96. The Hall–Kier alpha value is -11.7. The second kappa shape index (κ2) is 53.4. The molecule has 0 bridgehead atoms. The summed E-state index contributed by atoms with van der Waals surface area (Å²) in [6.07, 6.45) is 6.63. The van der Waals surface area contributed by atoms with Crippen molar-refractivity contribution in [1.82, 2.24) is 19.6 Å². The molecule has 30 heteroatoms. The van der Waals surface area contributed by atoms with Crippen LogP contribution in [0.1, 0.15) is 88.5 Å². The van der Waals surface area contributed by atoms with Crippen LogP contribution in [0, 0.1) is 27.7 Å². The molecule has 760 valence electrons. The molecular weight excluding hydrogens is 1930 g/mol. The maximum atomic E-state index is 12.4. The molecular formula is C114H124F8N4O14S4+4. The number of rotatable bonds is 20. The van der Waals surface area contributed by atoms with Gasteiger partial charge < -0.3 is 47.4 Å². The molecule has 0 aromatic heterocycles. The molecule has 144 heavy (non-hydrogen) atoms. The molecule has 4 fully saturated rings. The lowest BCUT2D eigenvalue weighted by Gasteiger charge is -2.25. The van der Waals surface area contributed by atoms with Gasteiger partial charge in [0.1, 0.15) is 43.6 Å². The molecule has 0 N–H and O–H groups in total. The van der Waals surface area contributed by atoms with Crippen LogP contribution in [0.5, 0.6) is 46.0 Å². The van der Waals surface area contributed by atoms with E-state index >= 15 is 0 Å². The molecule has 18 nitrogen and oxygen atoms in total. The summed E-state index contributed by atoms with van der Waals surface area (Å²) in [7, 11) is -0.365. The molecule has 8 heterocycles. The van der Waals surface area contributed by atoms with E-state index in [1.165, 1.54) is 93.8 Å². The number of fused-ring (bicyclic) bond motifs is 8. The van der Waals surface area contributed by atoms with E-state index in [4.69, 9.17) is 28.4 Å². The van der Waals surface area contributed by atoms with Gasteiger partial charge in [-0.05, 0) is 225 Å². The molecule has 0 spiro atoms. The lowest BCUT2D eigenvalue weighted by molar-refractivity contribution is -0.156. The van der Waals surface area contributed by atoms with Crippen LogP contribution in [0.4, 0.5) is 35.1 Å². The topological polar surface area (TPSA) is 174 Å². The van der Waals surface area contributed by atoms with E-state index in [-0.39, 0.29) is 69.8 Å². The standard InChI is InChI=1S/4C19H15OS.2C10H17F2NO2.2C9H15F2NO3/c4*1-14-10-12-15(13-11-14)21-18-8-4-2-6-16(18)20-17-7-3-5-9-19(17)21;2*1-10(11,12)8-15-9(14)7-13-5-3-2-4-6-13;2*1-9(10,11)7-15-8(13)6-12-2-4-14-5-3-12/h4*2-13H,1H3;2*2-8H2,1H3;2*2-7H2,1H3/q4*+1;;;;. The van der Waals surface area contributed by atoms with E-state index in [0.29, 0.717) is 52.6 Å². The van der Waals surface area contributed by atoms with Crippen LogP contribution in [0.15, 0.2) is 350 Å². The van der Waals surface area contributed by atoms with Crippen LogP contribution < -0.4 is 18.9 Å². The summed E-state index contributed by atoms with van der Waals surface area (Å²) in [5.41, 5.74) is 5.16. The second-order valence-electron chi connectivity index (χ2n) is 35.8. The number of likely N-dealkylation sites (tertiary alicyclic amines) is 2. The van der Waals surface area contributed by atoms with Crippen molar-refractivity contribution in [2.24, 2.45) is 0 Å². The predicted octanol–water partition coefficient (Wildman–Crippen LogP) is 25.2. The highest BCUT2D eigenvalue weighted by atomic mass is 32.2. The number of ether oxygens (including phenoxy) is 10. The molecule has 20 rings (SSSR count). The van der Waals surface area contributed by atoms with E-state index in [9.17, 15) is 54.3 Å². The van der Waals surface area contributed by atoms with E-state index in [1.807, 2.05) is 68.1 Å². The van der Waals surface area contributed by atoms with Gasteiger partial charge in [0.05, 0.1) is 52.6 Å². The van der Waals surface area contributed by atoms with Gasteiger partial charge in [0.2, 0.25) is 39.2 Å². The van der Waals surface area contributed by atoms with Crippen molar-refractivity contribution in [2.75, 3.05) is 131 Å². The first-order chi connectivity index (χ1) is 69.2. The summed E-state index contributed by atoms with van der Waals surface area (Å²) in [6.45, 7) is 16.7. The van der Waals surface area contributed by atoms with Gasteiger partial charge in [0.15, 0.2) is 92.0 Å². The zero-order valence-corrected chi connectivity index (χ0v) is 85.5. The summed E-state index contributed by atoms with van der Waals surface area (Å²) >= 11 is 0. The molecule has 8 aliphatic heterocycles. The van der Waals surface area contributed by atoms with Crippen molar-refractivity contribution in [2.45, 2.75) is 176 Å². The fourth-order valence-electron chi connectivity index (χ4n) is 15.8. The SMILES string of the molecule is CC(F)(F)COC(=O)CN1CCCCC1.CC(F)(F)COC(=O)CN1CCCCC1.CC(F)(F)COC(=O)CN1CCOCC1.CC(F)(F)COC(=O)CN1CCOCC1.Cc1ccc([S+]2c3ccccc3Oc3ccccc32)cc1.Cc1ccc([S+]2c3ccccc3Oc3ccccc32)cc1.Cc1ccc([S+]2c3ccccc3Oc3ccccc32)cc1.Cc1ccc([S+]2c3ccccc3Oc3ccccc32)cc1. The van der Waals surface area contributed by atoms with Gasteiger partial charge in [-0.2, -0.15) is 0 Å². The highest BCUT2D eigenvalue weighted by Gasteiger charge is 2.44. The van der Waals surface area contributed by atoms with Gasteiger partial charge in [-0.15, -0.1) is 0 Å². The lowest BCUT2D eigenvalue weighted by atomic mass is 10.1. The molecule has 8 aliphatic rings. The number of piperidine rings is 2. The Morgan fingerprint density at radius 1 is 0.243 bits per heavy atom. The molecule has 0 radical (unpaired) electrons. The van der Waals surface area contributed by atoms with Crippen molar-refractivity contribution in [3.63, 3.8) is 0 Å². The number of nitrogens with zero attached hydrogens (tertiary/aromatic N) is 4. The summed E-state index contributed by atoms with van der Waals surface area (Å²) in [5.74, 6) is -6.34. The average molecular weight is 2050 g/mol. The average Bonchev–Trinajstić information content (AvgIpc) is 0.775. The van der Waals surface area contributed by atoms with Gasteiger partial charge in [-0.1, -0.05) is 181 Å². The highest BCUT2D eigenvalue weighted by Crippen LogP contribution is 2.51. The molecule has 0 unspecified atom stereocenters. The Balaban J connectivity index is 0.000000139. The number of hydrogen-bond acceptors (Lipinski definition) is 18. The molecule has 4 saturated heterocycles. The van der Waals surface area contributed by atoms with Crippen molar-refractivity contribution >= 4 is 67.5 Å². The smallest absolute Gasteiger partial charge is 0.320 e. The number of esters is 4. The lowest BCUT2D eigenvalue weighted by Crippen LogP contribution is -2.40. The number of hydrogen-bond donors (Lipinski definition) is 0. The minimum Gasteiger partial charge on any atom is -0.458 e. The van der Waals surface area contributed by atoms with E-state index in [0.717, 1.165) is 126 Å². The number of halogens is 8. The first kappa shape index (κ1) is 110. The van der Waals surface area contributed by atoms with Gasteiger partial charge in [0.25, 0.3) is 23.7 Å². The Bertz CT molecular complexity index is 5190. The first-order valence-corrected chi connectivity index (χ1v) is 53.0. The van der Waals surface area contributed by atoms with Gasteiger partial charge in [0, 0.05) is 53.9 Å². The van der Waals surface area contributed by atoms with E-state index in [1.54, 1.807) is 0 Å². The van der Waals surface area contributed by atoms with Crippen LogP contribution in [-0.2, 0) is 91.2 Å². The Morgan fingerprint density at radius 3 is 0.569 bits per heavy atom. The fourth-order valence-corrected chi connectivity index (χ4v) is 24.6. The summed E-state index contributed by atoms with van der Waals surface area (Å²) < 4.78 is 151. The maximum Gasteiger partial charge on any atom is 0.320 e. The number of carbonyl (C=O) groups is 4. The van der Waals surface area contributed by atoms with Crippen LogP contribution in [0.2, 0.25) is 0 Å². The number of carbonyl (C=O) groups excluding carboxylic acids is 4. The van der Waals surface area contributed by atoms with Crippen molar-refractivity contribution < 1.29 is 102 Å². The predicted molar refractivity (Wildman–Crippen MR) is 547 cm³/mol. The second-order valence-corrected chi connectivity index (χ2v) is 43.7. The van der Waals surface area contributed by atoms with Crippen LogP contribution in [0.3, 0.4) is 0 Å².